The fraction of sp³-hybridized carbons (Fsp3) is 0.500. The number of hydrogen-bond acceptors (Lipinski definition) is 8. The van der Waals surface area contributed by atoms with Crippen molar-refractivity contribution in [2.45, 2.75) is 43.5 Å². The smallest absolute Gasteiger partial charge is 0.434 e. The molecule has 1 saturated heterocycles. The third-order valence-corrected chi connectivity index (χ3v) is 4.31. The van der Waals surface area contributed by atoms with Crippen LogP contribution in [0.1, 0.15) is 23.8 Å². The lowest BCUT2D eigenvalue weighted by Gasteiger charge is -2.38. The number of nitrogens with one attached hydrogen (secondary N) is 1. The van der Waals surface area contributed by atoms with Gasteiger partial charge in [0.05, 0.1) is 44.2 Å². The van der Waals surface area contributed by atoms with Gasteiger partial charge in [0.1, 0.15) is 24.1 Å². The number of aromatic nitrogens is 4. The highest BCUT2D eigenvalue weighted by Crippen LogP contribution is 2.32. The number of aryl methyl sites for hydroxylation is 1. The van der Waals surface area contributed by atoms with Crippen LogP contribution in [0.4, 0.5) is 19.0 Å². The minimum Gasteiger partial charge on any atom is -0.481 e. The zero-order valence-electron chi connectivity index (χ0n) is 14.8. The second kappa shape index (κ2) is 8.31. The van der Waals surface area contributed by atoms with Gasteiger partial charge in [-0.3, -0.25) is 14.5 Å². The molecule has 0 spiro atoms. The van der Waals surface area contributed by atoms with Gasteiger partial charge in [0.15, 0.2) is 5.69 Å². The largest absolute Gasteiger partial charge is 0.481 e. The number of carboxylic acid groups (broad SMARTS) is 1. The number of aliphatic hydroxyl groups is 2. The maximum atomic E-state index is 12.9. The Morgan fingerprint density at radius 3 is 2.76 bits per heavy atom. The first-order valence-corrected chi connectivity index (χ1v) is 8.53. The molecular weight excluding hydrogens is 399 g/mol. The van der Waals surface area contributed by atoms with E-state index in [1.807, 2.05) is 0 Å². The van der Waals surface area contributed by atoms with Gasteiger partial charge >= 0.3 is 12.1 Å². The molecule has 29 heavy (non-hydrogen) atoms. The molecule has 158 valence electrons. The van der Waals surface area contributed by atoms with Gasteiger partial charge in [0, 0.05) is 11.8 Å². The molecule has 3 rings (SSSR count). The molecule has 0 aromatic carbocycles. The number of carboxylic acids is 1. The minimum absolute atomic E-state index is 0.102. The molecule has 0 saturated carbocycles. The highest BCUT2D eigenvalue weighted by atomic mass is 19.4. The van der Waals surface area contributed by atoms with Crippen molar-refractivity contribution in [2.24, 2.45) is 0 Å². The molecule has 10 nitrogen and oxygen atoms in total. The molecule has 1 aliphatic heterocycles. The Labute approximate surface area is 162 Å². The molecule has 0 unspecified atom stereocenters. The van der Waals surface area contributed by atoms with Crippen LogP contribution in [-0.4, -0.2) is 65.9 Å². The maximum Gasteiger partial charge on any atom is 0.434 e. The molecule has 0 radical (unpaired) electrons. The lowest BCUT2D eigenvalue weighted by molar-refractivity contribution is -0.141. The van der Waals surface area contributed by atoms with Crippen molar-refractivity contribution in [3.8, 4) is 0 Å². The standard InChI is InChI=1S/C16H18F3N5O5/c17-16(18,19)10-4-20-5-11(22-10)23-13-14(28)9(25)7-29-15(13)8-3-21-24(6-8)2-1-12(26)27/h3-6,9,13-15,25,28H,1-2,7H2,(H,22,23)(H,26,27)/t9-,13+,14-,15+/m0/s1. The monoisotopic (exact) mass is 417 g/mol. The second-order valence-corrected chi connectivity index (χ2v) is 6.45. The lowest BCUT2D eigenvalue weighted by Crippen LogP contribution is -2.52. The van der Waals surface area contributed by atoms with Crippen LogP contribution < -0.4 is 5.32 Å². The molecule has 1 aliphatic rings. The van der Waals surface area contributed by atoms with Gasteiger partial charge < -0.3 is 25.4 Å². The summed E-state index contributed by atoms with van der Waals surface area (Å²) in [7, 11) is 0. The summed E-state index contributed by atoms with van der Waals surface area (Å²) in [6.45, 7) is -0.108. The first-order chi connectivity index (χ1) is 13.6. The molecule has 2 aromatic rings. The fourth-order valence-corrected chi connectivity index (χ4v) is 2.89. The quantitative estimate of drug-likeness (QED) is 0.526. The Kier molecular flexibility index (Phi) is 6.00. The van der Waals surface area contributed by atoms with Gasteiger partial charge in [-0.1, -0.05) is 0 Å². The van der Waals surface area contributed by atoms with Crippen LogP contribution in [-0.2, 0) is 22.3 Å². The van der Waals surface area contributed by atoms with Crippen LogP contribution in [0.5, 0.6) is 0 Å². The Bertz CT molecular complexity index is 861. The summed E-state index contributed by atoms with van der Waals surface area (Å²) in [5.74, 6) is -1.26. The number of alkyl halides is 3. The third-order valence-electron chi connectivity index (χ3n) is 4.31. The van der Waals surface area contributed by atoms with E-state index in [0.29, 0.717) is 11.8 Å². The molecule has 13 heteroatoms. The molecular formula is C16H18F3N5O5. The number of carbonyl (C=O) groups is 1. The molecule has 1 fully saturated rings. The highest BCUT2D eigenvalue weighted by molar-refractivity contribution is 5.66. The van der Waals surface area contributed by atoms with Gasteiger partial charge in [-0.2, -0.15) is 18.3 Å². The zero-order chi connectivity index (χ0) is 21.2. The summed E-state index contributed by atoms with van der Waals surface area (Å²) in [6.07, 6.45) is -3.88. The average molecular weight is 417 g/mol. The molecule has 4 atom stereocenters. The van der Waals surface area contributed by atoms with Gasteiger partial charge in [-0.15, -0.1) is 0 Å². The van der Waals surface area contributed by atoms with Gasteiger partial charge in [-0.25, -0.2) is 4.98 Å². The van der Waals surface area contributed by atoms with E-state index in [0.717, 1.165) is 6.20 Å². The number of halogens is 3. The normalized spacial score (nSPS) is 25.0. The predicted octanol–water partition coefficient (Wildman–Crippen LogP) is 0.440. The van der Waals surface area contributed by atoms with Crippen molar-refractivity contribution in [2.75, 3.05) is 11.9 Å². The van der Waals surface area contributed by atoms with E-state index in [-0.39, 0.29) is 25.4 Å². The Balaban J connectivity index is 1.82. The van der Waals surface area contributed by atoms with E-state index in [9.17, 15) is 28.2 Å². The van der Waals surface area contributed by atoms with E-state index in [2.05, 4.69) is 20.4 Å². The van der Waals surface area contributed by atoms with Crippen LogP contribution in [0.3, 0.4) is 0 Å². The van der Waals surface area contributed by atoms with Crippen molar-refractivity contribution >= 4 is 11.8 Å². The summed E-state index contributed by atoms with van der Waals surface area (Å²) in [5, 5.41) is 35.7. The number of nitrogens with zero attached hydrogens (tertiary/aromatic N) is 4. The maximum absolute atomic E-state index is 12.9. The van der Waals surface area contributed by atoms with E-state index in [4.69, 9.17) is 9.84 Å². The summed E-state index contributed by atoms with van der Waals surface area (Å²) in [5.41, 5.74) is -0.772. The van der Waals surface area contributed by atoms with Crippen LogP contribution >= 0.6 is 0 Å². The molecule has 3 heterocycles. The fourth-order valence-electron chi connectivity index (χ4n) is 2.89. The number of aliphatic carboxylic acids is 1. The summed E-state index contributed by atoms with van der Waals surface area (Å²) < 4.78 is 45.5. The Hall–Kier alpha value is -2.77. The third kappa shape index (κ3) is 4.99. The molecule has 0 aliphatic carbocycles. The summed E-state index contributed by atoms with van der Waals surface area (Å²) in [6, 6.07) is -1.06. The van der Waals surface area contributed by atoms with E-state index in [1.54, 1.807) is 0 Å². The van der Waals surface area contributed by atoms with E-state index in [1.165, 1.54) is 17.1 Å². The first kappa shape index (κ1) is 21.0. The van der Waals surface area contributed by atoms with Crippen molar-refractivity contribution in [1.82, 2.24) is 19.7 Å². The van der Waals surface area contributed by atoms with Crippen molar-refractivity contribution < 1.29 is 38.0 Å². The first-order valence-electron chi connectivity index (χ1n) is 8.53. The lowest BCUT2D eigenvalue weighted by atomic mass is 9.93. The minimum atomic E-state index is -4.70. The van der Waals surface area contributed by atoms with E-state index >= 15 is 0 Å². The average Bonchev–Trinajstić information content (AvgIpc) is 3.12. The number of anilines is 1. The van der Waals surface area contributed by atoms with Crippen molar-refractivity contribution in [3.05, 3.63) is 36.0 Å². The number of hydrogen-bond donors (Lipinski definition) is 4. The number of ether oxygens (including phenoxy) is 1. The molecule has 2 aromatic heterocycles. The SMILES string of the molecule is O=C(O)CCn1cc([C@H]2OC[C@H](O)[C@H](O)[C@H]2Nc2cncc(C(F)(F)F)n2)cn1. The van der Waals surface area contributed by atoms with Crippen LogP contribution in [0.15, 0.2) is 24.8 Å². The molecule has 0 amide bonds. The van der Waals surface area contributed by atoms with Gasteiger partial charge in [-0.05, 0) is 0 Å². The van der Waals surface area contributed by atoms with E-state index < -0.39 is 42.2 Å². The zero-order valence-corrected chi connectivity index (χ0v) is 14.8. The van der Waals surface area contributed by atoms with Crippen LogP contribution in [0.25, 0.3) is 0 Å². The molecule has 0 bridgehead atoms. The van der Waals surface area contributed by atoms with Crippen LogP contribution in [0.2, 0.25) is 0 Å². The Morgan fingerprint density at radius 2 is 2.07 bits per heavy atom. The number of rotatable bonds is 6. The predicted molar refractivity (Wildman–Crippen MR) is 89.6 cm³/mol. The molecule has 4 N–H and O–H groups in total. The van der Waals surface area contributed by atoms with Crippen molar-refractivity contribution in [3.63, 3.8) is 0 Å². The topological polar surface area (TPSA) is 143 Å². The number of aliphatic hydroxyl groups excluding tert-OH is 2. The summed E-state index contributed by atoms with van der Waals surface area (Å²) in [4.78, 5) is 17.6. The summed E-state index contributed by atoms with van der Waals surface area (Å²) >= 11 is 0. The van der Waals surface area contributed by atoms with Gasteiger partial charge in [0.2, 0.25) is 0 Å². The second-order valence-electron chi connectivity index (χ2n) is 6.45. The van der Waals surface area contributed by atoms with Crippen LogP contribution in [0, 0.1) is 0 Å². The van der Waals surface area contributed by atoms with Crippen molar-refractivity contribution in [1.29, 1.82) is 0 Å². The van der Waals surface area contributed by atoms with Gasteiger partial charge in [0.25, 0.3) is 0 Å². The Morgan fingerprint density at radius 1 is 1.31 bits per heavy atom. The highest BCUT2D eigenvalue weighted by Gasteiger charge is 2.41.